The molecular formula is C17H21N3O. The highest BCUT2D eigenvalue weighted by Gasteiger charge is 2.25. The molecule has 3 rings (SSSR count). The van der Waals surface area contributed by atoms with Gasteiger partial charge in [0.25, 0.3) is 5.91 Å². The molecule has 1 amide bonds. The minimum atomic E-state index is 0.122. The molecule has 0 N–H and O–H groups in total. The highest BCUT2D eigenvalue weighted by molar-refractivity contribution is 5.97. The number of rotatable bonds is 3. The normalized spacial score (nSPS) is 16.0. The van der Waals surface area contributed by atoms with Crippen LogP contribution in [-0.2, 0) is 0 Å². The van der Waals surface area contributed by atoms with Gasteiger partial charge in [0, 0.05) is 30.5 Å². The van der Waals surface area contributed by atoms with Crippen molar-refractivity contribution >= 4 is 16.9 Å². The van der Waals surface area contributed by atoms with E-state index in [0.29, 0.717) is 6.04 Å². The van der Waals surface area contributed by atoms with E-state index in [1.165, 1.54) is 19.3 Å². The van der Waals surface area contributed by atoms with Gasteiger partial charge in [0.2, 0.25) is 0 Å². The molecule has 1 aromatic heterocycles. The van der Waals surface area contributed by atoms with Gasteiger partial charge in [0.15, 0.2) is 0 Å². The fourth-order valence-corrected chi connectivity index (χ4v) is 3.22. The van der Waals surface area contributed by atoms with Crippen molar-refractivity contribution in [2.75, 3.05) is 6.54 Å². The number of fused-ring (bicyclic) bond motifs is 1. The van der Waals surface area contributed by atoms with Gasteiger partial charge < -0.3 is 4.90 Å². The maximum absolute atomic E-state index is 12.8. The molecule has 1 aromatic carbocycles. The van der Waals surface area contributed by atoms with Gasteiger partial charge in [-0.1, -0.05) is 19.3 Å². The first-order valence-corrected chi connectivity index (χ1v) is 7.81. The number of hydrogen-bond acceptors (Lipinski definition) is 3. The van der Waals surface area contributed by atoms with Crippen molar-refractivity contribution in [1.29, 1.82) is 0 Å². The zero-order valence-corrected chi connectivity index (χ0v) is 12.5. The average Bonchev–Trinajstić information content (AvgIpc) is 2.56. The van der Waals surface area contributed by atoms with Crippen LogP contribution in [0.4, 0.5) is 0 Å². The first kappa shape index (κ1) is 14.0. The fraction of sp³-hybridized carbons (Fsp3) is 0.471. The van der Waals surface area contributed by atoms with Gasteiger partial charge in [-0.2, -0.15) is 0 Å². The van der Waals surface area contributed by atoms with Crippen LogP contribution in [-0.4, -0.2) is 33.4 Å². The van der Waals surface area contributed by atoms with Crippen molar-refractivity contribution in [2.45, 2.75) is 45.1 Å². The molecule has 0 aliphatic heterocycles. The molecule has 1 saturated carbocycles. The number of nitrogens with zero attached hydrogens (tertiary/aromatic N) is 3. The van der Waals surface area contributed by atoms with Gasteiger partial charge in [-0.15, -0.1) is 0 Å². The van der Waals surface area contributed by atoms with Crippen LogP contribution in [0, 0.1) is 0 Å². The molecule has 1 aliphatic carbocycles. The Hall–Kier alpha value is -1.97. The molecule has 110 valence electrons. The molecule has 0 bridgehead atoms. The maximum atomic E-state index is 12.8. The third kappa shape index (κ3) is 2.89. The van der Waals surface area contributed by atoms with Gasteiger partial charge in [0.1, 0.15) is 0 Å². The molecule has 4 heteroatoms. The Kier molecular flexibility index (Phi) is 4.13. The summed E-state index contributed by atoms with van der Waals surface area (Å²) in [6.45, 7) is 2.83. The van der Waals surface area contributed by atoms with Crippen molar-refractivity contribution in [1.82, 2.24) is 14.9 Å². The summed E-state index contributed by atoms with van der Waals surface area (Å²) in [6.07, 6.45) is 9.36. The van der Waals surface area contributed by atoms with E-state index in [4.69, 9.17) is 0 Å². The Labute approximate surface area is 125 Å². The summed E-state index contributed by atoms with van der Waals surface area (Å²) in [5.74, 6) is 0.122. The summed E-state index contributed by atoms with van der Waals surface area (Å²) in [6, 6.07) is 6.00. The number of aromatic nitrogens is 2. The van der Waals surface area contributed by atoms with Crippen molar-refractivity contribution in [3.05, 3.63) is 36.2 Å². The summed E-state index contributed by atoms with van der Waals surface area (Å²) in [5, 5.41) is 0. The van der Waals surface area contributed by atoms with E-state index in [2.05, 4.69) is 16.9 Å². The SMILES string of the molecule is CCN(C(=O)c1ccc2nccnc2c1)C1CCCCC1. The van der Waals surface area contributed by atoms with Crippen molar-refractivity contribution in [3.8, 4) is 0 Å². The van der Waals surface area contributed by atoms with Crippen LogP contribution < -0.4 is 0 Å². The summed E-state index contributed by atoms with van der Waals surface area (Å²) in [4.78, 5) is 23.4. The number of hydrogen-bond donors (Lipinski definition) is 0. The summed E-state index contributed by atoms with van der Waals surface area (Å²) < 4.78 is 0. The van der Waals surface area contributed by atoms with Crippen LogP contribution in [0.5, 0.6) is 0 Å². The molecule has 1 aliphatic rings. The van der Waals surface area contributed by atoms with E-state index in [9.17, 15) is 4.79 Å². The predicted molar refractivity (Wildman–Crippen MR) is 83.1 cm³/mol. The summed E-state index contributed by atoms with van der Waals surface area (Å²) >= 11 is 0. The van der Waals surface area contributed by atoms with E-state index in [-0.39, 0.29) is 5.91 Å². The molecule has 2 aromatic rings. The van der Waals surface area contributed by atoms with Gasteiger partial charge in [0.05, 0.1) is 11.0 Å². The van der Waals surface area contributed by atoms with Crippen LogP contribution in [0.1, 0.15) is 49.4 Å². The third-order valence-electron chi connectivity index (χ3n) is 4.33. The quantitative estimate of drug-likeness (QED) is 0.867. The largest absolute Gasteiger partial charge is 0.336 e. The van der Waals surface area contributed by atoms with E-state index >= 15 is 0 Å². The molecule has 0 spiro atoms. The molecule has 1 heterocycles. The second kappa shape index (κ2) is 6.20. The Bertz CT molecular complexity index is 635. The lowest BCUT2D eigenvalue weighted by Crippen LogP contribution is -2.41. The molecule has 21 heavy (non-hydrogen) atoms. The Balaban J connectivity index is 1.86. The van der Waals surface area contributed by atoms with Gasteiger partial charge in [-0.05, 0) is 38.0 Å². The van der Waals surface area contributed by atoms with Gasteiger partial charge in [-0.25, -0.2) is 0 Å². The fourth-order valence-electron chi connectivity index (χ4n) is 3.22. The smallest absolute Gasteiger partial charge is 0.254 e. The zero-order chi connectivity index (χ0) is 14.7. The highest BCUT2D eigenvalue weighted by Crippen LogP contribution is 2.24. The molecule has 1 fully saturated rings. The minimum Gasteiger partial charge on any atom is -0.336 e. The third-order valence-corrected chi connectivity index (χ3v) is 4.33. The minimum absolute atomic E-state index is 0.122. The summed E-state index contributed by atoms with van der Waals surface area (Å²) in [5.41, 5.74) is 2.33. The predicted octanol–water partition coefficient (Wildman–Crippen LogP) is 3.42. The zero-order valence-electron chi connectivity index (χ0n) is 12.5. The van der Waals surface area contributed by atoms with Gasteiger partial charge >= 0.3 is 0 Å². The van der Waals surface area contributed by atoms with Crippen LogP contribution in [0.2, 0.25) is 0 Å². The van der Waals surface area contributed by atoms with E-state index in [0.717, 1.165) is 36.0 Å². The van der Waals surface area contributed by atoms with Crippen molar-refractivity contribution in [3.63, 3.8) is 0 Å². The molecule has 0 atom stereocenters. The second-order valence-electron chi connectivity index (χ2n) is 5.64. The number of carbonyl (C=O) groups excluding carboxylic acids is 1. The van der Waals surface area contributed by atoms with Crippen molar-refractivity contribution in [2.24, 2.45) is 0 Å². The Morgan fingerprint density at radius 1 is 1.14 bits per heavy atom. The van der Waals surface area contributed by atoms with E-state index in [1.807, 2.05) is 23.1 Å². The first-order valence-electron chi connectivity index (χ1n) is 7.81. The lowest BCUT2D eigenvalue weighted by atomic mass is 9.93. The molecule has 0 radical (unpaired) electrons. The standard InChI is InChI=1S/C17H21N3O/c1-2-20(14-6-4-3-5-7-14)17(21)13-8-9-15-16(12-13)19-11-10-18-15/h8-12,14H,2-7H2,1H3. The topological polar surface area (TPSA) is 46.1 Å². The number of amides is 1. The van der Waals surface area contributed by atoms with E-state index < -0.39 is 0 Å². The van der Waals surface area contributed by atoms with Crippen LogP contribution in [0.15, 0.2) is 30.6 Å². The number of carbonyl (C=O) groups is 1. The Morgan fingerprint density at radius 3 is 2.57 bits per heavy atom. The van der Waals surface area contributed by atoms with Crippen LogP contribution in [0.25, 0.3) is 11.0 Å². The van der Waals surface area contributed by atoms with E-state index in [1.54, 1.807) is 12.4 Å². The van der Waals surface area contributed by atoms with Gasteiger partial charge in [-0.3, -0.25) is 14.8 Å². The van der Waals surface area contributed by atoms with Crippen molar-refractivity contribution < 1.29 is 4.79 Å². The lowest BCUT2D eigenvalue weighted by Gasteiger charge is -2.33. The monoisotopic (exact) mass is 283 g/mol. The average molecular weight is 283 g/mol. The Morgan fingerprint density at radius 2 is 1.86 bits per heavy atom. The second-order valence-corrected chi connectivity index (χ2v) is 5.64. The maximum Gasteiger partial charge on any atom is 0.254 e. The molecular weight excluding hydrogens is 262 g/mol. The highest BCUT2D eigenvalue weighted by atomic mass is 16.2. The van der Waals surface area contributed by atoms with Crippen LogP contribution >= 0.6 is 0 Å². The van der Waals surface area contributed by atoms with Crippen LogP contribution in [0.3, 0.4) is 0 Å². The molecule has 0 saturated heterocycles. The summed E-state index contributed by atoms with van der Waals surface area (Å²) in [7, 11) is 0. The lowest BCUT2D eigenvalue weighted by molar-refractivity contribution is 0.0648. The number of benzene rings is 1. The molecule has 0 unspecified atom stereocenters. The molecule has 4 nitrogen and oxygen atoms in total. The first-order chi connectivity index (χ1) is 10.3.